The molecule has 5 heteroatoms. The molecule has 2 nitrogen and oxygen atoms in total. The fraction of sp³-hybridized carbons (Fsp3) is 1.00. The molecule has 0 amide bonds. The molecule has 0 radical (unpaired) electrons. The average Bonchev–Trinajstić information content (AvgIpc) is 1.83. The minimum atomic E-state index is -4.43. The van der Waals surface area contributed by atoms with E-state index in [9.17, 15) is 13.2 Å². The van der Waals surface area contributed by atoms with Gasteiger partial charge in [0.25, 0.3) is 0 Å². The van der Waals surface area contributed by atoms with Crippen molar-refractivity contribution in [3.63, 3.8) is 0 Å². The number of methoxy groups -OCH3 is 1. The molecule has 0 heterocycles. The maximum absolute atomic E-state index is 12.1. The number of ether oxygens (including phenoxy) is 1. The Morgan fingerprint density at radius 1 is 1.36 bits per heavy atom. The fourth-order valence-corrected chi connectivity index (χ4v) is 0.475. The molecule has 0 saturated carbocycles. The average molecular weight is 171 g/mol. The monoisotopic (exact) mass is 171 g/mol. The minimum Gasteiger partial charge on any atom is -0.379 e. The second-order valence-corrected chi connectivity index (χ2v) is 2.66. The number of hydrogen-bond acceptors (Lipinski definition) is 2. The van der Waals surface area contributed by atoms with Gasteiger partial charge in [0.15, 0.2) is 0 Å². The lowest BCUT2D eigenvalue weighted by Gasteiger charge is -2.32. The summed E-state index contributed by atoms with van der Waals surface area (Å²) in [5.41, 5.74) is 2.72. The Bertz CT molecular complexity index is 132. The number of halogens is 3. The highest BCUT2D eigenvalue weighted by Gasteiger charge is 2.52. The van der Waals surface area contributed by atoms with Gasteiger partial charge in [0.05, 0.1) is 6.10 Å². The van der Waals surface area contributed by atoms with Crippen LogP contribution in [0.3, 0.4) is 0 Å². The molecule has 2 N–H and O–H groups in total. The predicted octanol–water partition coefficient (Wildman–Crippen LogP) is 1.30. The Morgan fingerprint density at radius 2 is 1.73 bits per heavy atom. The van der Waals surface area contributed by atoms with Gasteiger partial charge in [-0.3, -0.25) is 0 Å². The summed E-state index contributed by atoms with van der Waals surface area (Å²) in [5.74, 6) is 0. The smallest absolute Gasteiger partial charge is 0.379 e. The lowest BCUT2D eigenvalue weighted by Crippen LogP contribution is -2.58. The summed E-state index contributed by atoms with van der Waals surface area (Å²) in [6.07, 6.45) is -5.47. The normalized spacial score (nSPS) is 21.0. The lowest BCUT2D eigenvalue weighted by atomic mass is 9.97. The highest BCUT2D eigenvalue weighted by Crippen LogP contribution is 2.31. The Hall–Kier alpha value is -0.290. The van der Waals surface area contributed by atoms with Crippen LogP contribution in [0.1, 0.15) is 13.8 Å². The van der Waals surface area contributed by atoms with Crippen LogP contribution in [0.4, 0.5) is 13.2 Å². The Morgan fingerprint density at radius 3 is 1.82 bits per heavy atom. The van der Waals surface area contributed by atoms with Crippen LogP contribution in [0.15, 0.2) is 0 Å². The number of hydrogen-bond donors (Lipinski definition) is 1. The van der Waals surface area contributed by atoms with Gasteiger partial charge in [-0.2, -0.15) is 13.2 Å². The van der Waals surface area contributed by atoms with Crippen LogP contribution in [0.25, 0.3) is 0 Å². The van der Waals surface area contributed by atoms with Crippen molar-refractivity contribution in [1.82, 2.24) is 0 Å². The van der Waals surface area contributed by atoms with Crippen molar-refractivity contribution in [1.29, 1.82) is 0 Å². The topological polar surface area (TPSA) is 35.2 Å². The van der Waals surface area contributed by atoms with Crippen LogP contribution >= 0.6 is 0 Å². The van der Waals surface area contributed by atoms with Crippen molar-refractivity contribution >= 4 is 0 Å². The van der Waals surface area contributed by atoms with E-state index in [2.05, 4.69) is 4.74 Å². The van der Waals surface area contributed by atoms with Gasteiger partial charge in [-0.1, -0.05) is 0 Å². The minimum absolute atomic E-state index is 0.904. The summed E-state index contributed by atoms with van der Waals surface area (Å²) in [7, 11) is 1.20. The molecule has 0 aromatic heterocycles. The molecule has 0 aromatic carbocycles. The first kappa shape index (κ1) is 10.7. The number of nitrogens with two attached hydrogens (primary N) is 1. The van der Waals surface area contributed by atoms with E-state index in [1.165, 1.54) is 14.0 Å². The van der Waals surface area contributed by atoms with E-state index in [0.717, 1.165) is 6.92 Å². The van der Waals surface area contributed by atoms with E-state index in [1.54, 1.807) is 0 Å². The molecule has 11 heavy (non-hydrogen) atoms. The van der Waals surface area contributed by atoms with E-state index in [0.29, 0.717) is 0 Å². The molecular formula is C6H12F3NO. The second kappa shape index (κ2) is 2.98. The van der Waals surface area contributed by atoms with Crippen LogP contribution in [-0.2, 0) is 4.74 Å². The molecular weight excluding hydrogens is 159 g/mol. The van der Waals surface area contributed by atoms with E-state index in [1.807, 2.05) is 0 Å². The van der Waals surface area contributed by atoms with Crippen molar-refractivity contribution < 1.29 is 17.9 Å². The van der Waals surface area contributed by atoms with Gasteiger partial charge in [-0.25, -0.2) is 0 Å². The summed E-state index contributed by atoms with van der Waals surface area (Å²) in [6, 6.07) is 0. The number of alkyl halides is 3. The second-order valence-electron chi connectivity index (χ2n) is 2.66. The summed E-state index contributed by atoms with van der Waals surface area (Å²) >= 11 is 0. The van der Waals surface area contributed by atoms with Gasteiger partial charge >= 0.3 is 6.18 Å². The first-order chi connectivity index (χ1) is 4.73. The van der Waals surface area contributed by atoms with Gasteiger partial charge in [0.2, 0.25) is 0 Å². The molecule has 0 rings (SSSR count). The van der Waals surface area contributed by atoms with Crippen LogP contribution < -0.4 is 5.73 Å². The molecule has 0 bridgehead atoms. The summed E-state index contributed by atoms with van der Waals surface area (Å²) in [5, 5.41) is 0. The van der Waals surface area contributed by atoms with Crippen LogP contribution in [-0.4, -0.2) is 24.9 Å². The quantitative estimate of drug-likeness (QED) is 0.679. The van der Waals surface area contributed by atoms with Gasteiger partial charge in [0, 0.05) is 7.11 Å². The highest BCUT2D eigenvalue weighted by atomic mass is 19.4. The van der Waals surface area contributed by atoms with E-state index in [-0.39, 0.29) is 0 Å². The number of rotatable bonds is 2. The maximum Gasteiger partial charge on any atom is 0.408 e. The van der Waals surface area contributed by atoms with Gasteiger partial charge in [-0.05, 0) is 13.8 Å². The van der Waals surface area contributed by atoms with Gasteiger partial charge in [-0.15, -0.1) is 0 Å². The zero-order chi connectivity index (χ0) is 9.28. The molecule has 0 saturated heterocycles. The van der Waals surface area contributed by atoms with Crippen molar-refractivity contribution in [2.75, 3.05) is 7.11 Å². The van der Waals surface area contributed by atoms with E-state index in [4.69, 9.17) is 5.73 Å². The summed E-state index contributed by atoms with van der Waals surface area (Å²) < 4.78 is 40.7. The zero-order valence-electron chi connectivity index (χ0n) is 6.70. The van der Waals surface area contributed by atoms with Crippen LogP contribution in [0, 0.1) is 0 Å². The first-order valence-electron chi connectivity index (χ1n) is 3.12. The van der Waals surface area contributed by atoms with Gasteiger partial charge in [0.1, 0.15) is 5.54 Å². The molecule has 0 aliphatic carbocycles. The molecule has 0 fully saturated rings. The van der Waals surface area contributed by atoms with E-state index >= 15 is 0 Å². The third-order valence-corrected chi connectivity index (χ3v) is 1.81. The zero-order valence-corrected chi connectivity index (χ0v) is 6.70. The van der Waals surface area contributed by atoms with Crippen molar-refractivity contribution in [3.8, 4) is 0 Å². The Labute approximate surface area is 63.5 Å². The fourth-order valence-electron chi connectivity index (χ4n) is 0.475. The van der Waals surface area contributed by atoms with Crippen LogP contribution in [0.2, 0.25) is 0 Å². The molecule has 2 atom stereocenters. The SMILES string of the molecule is COC(C)C(C)(N)C(F)(F)F. The maximum atomic E-state index is 12.1. The first-order valence-corrected chi connectivity index (χ1v) is 3.12. The van der Waals surface area contributed by atoms with E-state index < -0.39 is 17.8 Å². The molecule has 0 aliphatic heterocycles. The van der Waals surface area contributed by atoms with Crippen molar-refractivity contribution in [2.45, 2.75) is 31.7 Å². The molecule has 0 spiro atoms. The molecule has 0 aromatic rings. The van der Waals surface area contributed by atoms with Crippen molar-refractivity contribution in [3.05, 3.63) is 0 Å². The summed E-state index contributed by atoms with van der Waals surface area (Å²) in [6.45, 7) is 2.19. The predicted molar refractivity (Wildman–Crippen MR) is 35.1 cm³/mol. The third-order valence-electron chi connectivity index (χ3n) is 1.81. The highest BCUT2D eigenvalue weighted by molar-refractivity contribution is 4.92. The Kier molecular flexibility index (Phi) is 2.91. The van der Waals surface area contributed by atoms with Gasteiger partial charge < -0.3 is 10.5 Å². The standard InChI is InChI=1S/C6H12F3NO/c1-4(11-3)5(2,10)6(7,8)9/h4H,10H2,1-3H3. The molecule has 2 unspecified atom stereocenters. The van der Waals surface area contributed by atoms with Crippen molar-refractivity contribution in [2.24, 2.45) is 5.73 Å². The Balaban J connectivity index is 4.45. The third kappa shape index (κ3) is 2.07. The molecule has 0 aliphatic rings. The van der Waals surface area contributed by atoms with Crippen LogP contribution in [0.5, 0.6) is 0 Å². The summed E-state index contributed by atoms with van der Waals surface area (Å²) in [4.78, 5) is 0. The molecule has 68 valence electrons. The largest absolute Gasteiger partial charge is 0.408 e. The lowest BCUT2D eigenvalue weighted by molar-refractivity contribution is -0.207.